The summed E-state index contributed by atoms with van der Waals surface area (Å²) in [6.07, 6.45) is 3.70. The van der Waals surface area contributed by atoms with Crippen LogP contribution in [0.2, 0.25) is 0 Å². The van der Waals surface area contributed by atoms with Crippen molar-refractivity contribution in [3.8, 4) is 11.3 Å². The van der Waals surface area contributed by atoms with Gasteiger partial charge in [0.2, 0.25) is 0 Å². The smallest absolute Gasteiger partial charge is 0.276 e. The number of aromatic nitrogens is 3. The fraction of sp³-hybridized carbons (Fsp3) is 0.235. The first-order valence-corrected chi connectivity index (χ1v) is 8.48. The van der Waals surface area contributed by atoms with Crippen LogP contribution in [0.1, 0.15) is 10.5 Å². The van der Waals surface area contributed by atoms with Gasteiger partial charge in [-0.05, 0) is 15.9 Å². The molecule has 6 nitrogen and oxygen atoms in total. The van der Waals surface area contributed by atoms with Crippen LogP contribution in [-0.4, -0.2) is 38.8 Å². The molecule has 122 valence electrons. The number of hydrogen-bond acceptors (Lipinski definition) is 4. The van der Waals surface area contributed by atoms with Crippen molar-refractivity contribution in [2.75, 3.05) is 13.1 Å². The number of nitrogens with zero attached hydrogens (tertiary/aromatic N) is 4. The highest BCUT2D eigenvalue weighted by molar-refractivity contribution is 9.10. The first kappa shape index (κ1) is 15.1. The quantitative estimate of drug-likeness (QED) is 0.690. The van der Waals surface area contributed by atoms with Gasteiger partial charge in [0.1, 0.15) is 0 Å². The minimum Gasteiger partial charge on any atom is -0.355 e. The van der Waals surface area contributed by atoms with Crippen molar-refractivity contribution >= 4 is 21.8 Å². The van der Waals surface area contributed by atoms with Gasteiger partial charge in [-0.25, -0.2) is 0 Å². The number of carbonyl (C=O) groups excluding carboxylic acids is 1. The van der Waals surface area contributed by atoms with Gasteiger partial charge in [-0.1, -0.05) is 35.5 Å². The third kappa shape index (κ3) is 2.99. The molecular formula is C17H15BrN4O2. The molecule has 0 N–H and O–H groups in total. The van der Waals surface area contributed by atoms with Crippen LogP contribution in [0.4, 0.5) is 0 Å². The van der Waals surface area contributed by atoms with E-state index in [1.54, 1.807) is 17.2 Å². The van der Waals surface area contributed by atoms with E-state index in [-0.39, 0.29) is 5.91 Å². The predicted molar refractivity (Wildman–Crippen MR) is 91.3 cm³/mol. The molecule has 24 heavy (non-hydrogen) atoms. The summed E-state index contributed by atoms with van der Waals surface area (Å²) < 4.78 is 8.15. The summed E-state index contributed by atoms with van der Waals surface area (Å²) in [5.41, 5.74) is 1.27. The molecule has 1 saturated heterocycles. The third-order valence-corrected chi connectivity index (χ3v) is 4.49. The highest BCUT2D eigenvalue weighted by Gasteiger charge is 2.33. The van der Waals surface area contributed by atoms with E-state index < -0.39 is 0 Å². The Morgan fingerprint density at radius 1 is 1.29 bits per heavy atom. The lowest BCUT2D eigenvalue weighted by Gasteiger charge is -2.38. The summed E-state index contributed by atoms with van der Waals surface area (Å²) in [5.74, 6) is 0.942. The molecule has 0 atom stereocenters. The zero-order valence-electron chi connectivity index (χ0n) is 12.8. The molecule has 1 fully saturated rings. The summed E-state index contributed by atoms with van der Waals surface area (Å²) in [4.78, 5) is 14.2. The molecule has 0 aliphatic carbocycles. The lowest BCUT2D eigenvalue weighted by atomic mass is 9.99. The Balaban J connectivity index is 1.37. The van der Waals surface area contributed by atoms with Gasteiger partial charge >= 0.3 is 0 Å². The van der Waals surface area contributed by atoms with Crippen LogP contribution in [0.15, 0.2) is 57.8 Å². The third-order valence-electron chi connectivity index (χ3n) is 4.08. The Hall–Kier alpha value is -2.41. The second-order valence-electron chi connectivity index (χ2n) is 5.90. The average Bonchev–Trinajstić information content (AvgIpc) is 3.20. The normalized spacial score (nSPS) is 14.6. The van der Waals surface area contributed by atoms with Crippen molar-refractivity contribution in [2.45, 2.75) is 6.54 Å². The van der Waals surface area contributed by atoms with E-state index in [1.807, 2.05) is 41.2 Å². The number of hydrogen-bond donors (Lipinski definition) is 0. The highest BCUT2D eigenvalue weighted by Crippen LogP contribution is 2.24. The van der Waals surface area contributed by atoms with Crippen molar-refractivity contribution in [1.82, 2.24) is 19.8 Å². The number of halogens is 1. The number of rotatable bonds is 4. The SMILES string of the molecule is O=C(c1cc(-c2ccccc2)on1)N1CC(Cn2cc(Br)cn2)C1. The van der Waals surface area contributed by atoms with Crippen molar-refractivity contribution < 1.29 is 9.32 Å². The highest BCUT2D eigenvalue weighted by atomic mass is 79.9. The Labute approximate surface area is 147 Å². The summed E-state index contributed by atoms with van der Waals surface area (Å²) in [7, 11) is 0. The molecule has 4 rings (SSSR count). The van der Waals surface area contributed by atoms with Crippen LogP contribution in [-0.2, 0) is 6.54 Å². The molecule has 3 aromatic rings. The summed E-state index contributed by atoms with van der Waals surface area (Å²) >= 11 is 3.38. The minimum absolute atomic E-state index is 0.0844. The van der Waals surface area contributed by atoms with Crippen LogP contribution in [0, 0.1) is 5.92 Å². The average molecular weight is 387 g/mol. The molecule has 0 spiro atoms. The topological polar surface area (TPSA) is 64.2 Å². The van der Waals surface area contributed by atoms with Gasteiger partial charge in [0.15, 0.2) is 11.5 Å². The van der Waals surface area contributed by atoms with Crippen molar-refractivity contribution in [3.05, 3.63) is 59.0 Å². The summed E-state index contributed by atoms with van der Waals surface area (Å²) in [6, 6.07) is 11.3. The summed E-state index contributed by atoms with van der Waals surface area (Å²) in [6.45, 7) is 2.23. The zero-order valence-corrected chi connectivity index (χ0v) is 14.4. The molecule has 1 amide bonds. The molecule has 1 aromatic carbocycles. The number of likely N-dealkylation sites (tertiary alicyclic amines) is 1. The fourth-order valence-electron chi connectivity index (χ4n) is 2.83. The molecule has 3 heterocycles. The van der Waals surface area contributed by atoms with E-state index >= 15 is 0 Å². The Bertz CT molecular complexity index is 852. The lowest BCUT2D eigenvalue weighted by Crippen LogP contribution is -2.51. The largest absolute Gasteiger partial charge is 0.355 e. The summed E-state index contributed by atoms with van der Waals surface area (Å²) in [5, 5.41) is 8.16. The van der Waals surface area contributed by atoms with Gasteiger partial charge in [-0.2, -0.15) is 5.10 Å². The number of carbonyl (C=O) groups is 1. The van der Waals surface area contributed by atoms with E-state index in [4.69, 9.17) is 4.52 Å². The van der Waals surface area contributed by atoms with E-state index in [2.05, 4.69) is 26.2 Å². The minimum atomic E-state index is -0.0844. The standard InChI is InChI=1S/C17H15BrN4O2/c18-14-7-19-22(11-14)10-12-8-21(9-12)17(23)15-6-16(24-20-15)13-4-2-1-3-5-13/h1-7,11-12H,8-10H2. The molecule has 1 aliphatic rings. The second kappa shape index (κ2) is 6.24. The van der Waals surface area contributed by atoms with Crippen LogP contribution in [0.25, 0.3) is 11.3 Å². The zero-order chi connectivity index (χ0) is 16.5. The van der Waals surface area contributed by atoms with Crippen molar-refractivity contribution in [3.63, 3.8) is 0 Å². The van der Waals surface area contributed by atoms with Crippen LogP contribution >= 0.6 is 15.9 Å². The maximum absolute atomic E-state index is 12.4. The molecule has 0 radical (unpaired) electrons. The second-order valence-corrected chi connectivity index (χ2v) is 6.81. The maximum atomic E-state index is 12.4. The van der Waals surface area contributed by atoms with Gasteiger partial charge in [0.25, 0.3) is 5.91 Å². The molecular weight excluding hydrogens is 372 g/mol. The molecule has 0 bridgehead atoms. The first-order valence-electron chi connectivity index (χ1n) is 7.68. The first-order chi connectivity index (χ1) is 11.7. The van der Waals surface area contributed by atoms with E-state index in [9.17, 15) is 4.79 Å². The molecule has 0 saturated carbocycles. The van der Waals surface area contributed by atoms with Gasteiger partial charge < -0.3 is 9.42 Å². The lowest BCUT2D eigenvalue weighted by molar-refractivity contribution is 0.0451. The molecule has 1 aliphatic heterocycles. The van der Waals surface area contributed by atoms with Crippen molar-refractivity contribution in [2.24, 2.45) is 5.92 Å². The van der Waals surface area contributed by atoms with E-state index in [1.165, 1.54) is 0 Å². The number of benzene rings is 1. The maximum Gasteiger partial charge on any atom is 0.276 e. The Morgan fingerprint density at radius 2 is 2.08 bits per heavy atom. The Kier molecular flexibility index (Phi) is 3.93. The van der Waals surface area contributed by atoms with Gasteiger partial charge in [-0.3, -0.25) is 9.48 Å². The van der Waals surface area contributed by atoms with Crippen LogP contribution < -0.4 is 0 Å². The monoisotopic (exact) mass is 386 g/mol. The van der Waals surface area contributed by atoms with Gasteiger partial charge in [0.05, 0.1) is 10.7 Å². The predicted octanol–water partition coefficient (Wildman–Crippen LogP) is 3.07. The molecule has 0 unspecified atom stereocenters. The fourth-order valence-corrected chi connectivity index (χ4v) is 3.16. The number of amides is 1. The Morgan fingerprint density at radius 3 is 2.79 bits per heavy atom. The van der Waals surface area contributed by atoms with Gasteiger partial charge in [-0.15, -0.1) is 0 Å². The van der Waals surface area contributed by atoms with Crippen LogP contribution in [0.5, 0.6) is 0 Å². The molecule has 2 aromatic heterocycles. The van der Waals surface area contributed by atoms with Gasteiger partial charge in [0, 0.05) is 43.4 Å². The van der Waals surface area contributed by atoms with Crippen LogP contribution in [0.3, 0.4) is 0 Å². The van der Waals surface area contributed by atoms with Crippen molar-refractivity contribution in [1.29, 1.82) is 0 Å². The van der Waals surface area contributed by atoms with E-state index in [0.717, 1.165) is 16.6 Å². The van der Waals surface area contributed by atoms with E-state index in [0.29, 0.717) is 30.5 Å². The molecule has 7 heteroatoms.